The van der Waals surface area contributed by atoms with Gasteiger partial charge in [0.15, 0.2) is 5.82 Å². The fraction of sp³-hybridized carbons (Fsp3) is 0.0625. The second-order valence-corrected chi connectivity index (χ2v) is 5.55. The molecule has 23 heavy (non-hydrogen) atoms. The molecule has 0 aliphatic heterocycles. The Bertz CT molecular complexity index is 911. The monoisotopic (exact) mass is 323 g/mol. The van der Waals surface area contributed by atoms with Gasteiger partial charge < -0.3 is 8.98 Å². The number of para-hydroxylation sites is 1. The van der Waals surface area contributed by atoms with Crippen molar-refractivity contribution in [2.75, 3.05) is 6.26 Å². The zero-order chi connectivity index (χ0) is 15.6. The van der Waals surface area contributed by atoms with E-state index in [0.717, 1.165) is 17.1 Å². The van der Waals surface area contributed by atoms with Crippen LogP contribution < -0.4 is 0 Å². The van der Waals surface area contributed by atoms with E-state index in [9.17, 15) is 0 Å². The lowest BCUT2D eigenvalue weighted by Gasteiger charge is -2.09. The molecule has 0 aliphatic rings. The van der Waals surface area contributed by atoms with Crippen molar-refractivity contribution in [2.45, 2.75) is 5.22 Å². The van der Waals surface area contributed by atoms with Crippen molar-refractivity contribution in [3.05, 3.63) is 61.1 Å². The second-order valence-electron chi connectivity index (χ2n) is 4.80. The minimum Gasteiger partial charge on any atom is -0.411 e. The lowest BCUT2D eigenvalue weighted by molar-refractivity contribution is 0.466. The maximum absolute atomic E-state index is 5.68. The molecule has 0 saturated carbocycles. The van der Waals surface area contributed by atoms with E-state index in [2.05, 4.69) is 15.3 Å². The molecule has 1 aromatic carbocycles. The van der Waals surface area contributed by atoms with Crippen LogP contribution in [0.15, 0.2) is 70.7 Å². The summed E-state index contributed by atoms with van der Waals surface area (Å²) in [5.74, 6) is 1.32. The van der Waals surface area contributed by atoms with Crippen LogP contribution >= 0.6 is 11.8 Å². The Morgan fingerprint density at radius 1 is 1.00 bits per heavy atom. The lowest BCUT2D eigenvalue weighted by Crippen LogP contribution is -2.04. The third-order valence-electron chi connectivity index (χ3n) is 3.41. The Kier molecular flexibility index (Phi) is 3.47. The van der Waals surface area contributed by atoms with Crippen LogP contribution in [0.2, 0.25) is 0 Å². The van der Waals surface area contributed by atoms with Gasteiger partial charge in [-0.25, -0.2) is 4.68 Å². The molecule has 3 heterocycles. The molecule has 0 amide bonds. The Balaban J connectivity index is 1.92. The van der Waals surface area contributed by atoms with Crippen molar-refractivity contribution in [1.82, 2.24) is 24.5 Å². The molecular formula is C16H13N5OS. The molecule has 0 bridgehead atoms. The number of nitrogens with zero attached hydrogens (tertiary/aromatic N) is 5. The van der Waals surface area contributed by atoms with Crippen molar-refractivity contribution in [3.8, 4) is 23.0 Å². The highest BCUT2D eigenvalue weighted by Gasteiger charge is 2.20. The van der Waals surface area contributed by atoms with E-state index in [4.69, 9.17) is 4.42 Å². The second kappa shape index (κ2) is 5.77. The normalized spacial score (nSPS) is 11.0. The topological polar surface area (TPSA) is 61.7 Å². The van der Waals surface area contributed by atoms with Crippen LogP contribution in [0.1, 0.15) is 0 Å². The summed E-state index contributed by atoms with van der Waals surface area (Å²) in [6.45, 7) is 0. The maximum Gasteiger partial charge on any atom is 0.276 e. The van der Waals surface area contributed by atoms with Crippen LogP contribution in [0.4, 0.5) is 0 Å². The van der Waals surface area contributed by atoms with Crippen LogP contribution in [-0.2, 0) is 0 Å². The van der Waals surface area contributed by atoms with Gasteiger partial charge in [-0.3, -0.25) is 0 Å². The molecule has 0 saturated heterocycles. The van der Waals surface area contributed by atoms with E-state index >= 15 is 0 Å². The van der Waals surface area contributed by atoms with Gasteiger partial charge in [0.05, 0.1) is 11.9 Å². The van der Waals surface area contributed by atoms with Crippen molar-refractivity contribution in [3.63, 3.8) is 0 Å². The maximum atomic E-state index is 5.68. The molecular weight excluding hydrogens is 310 g/mol. The quantitative estimate of drug-likeness (QED) is 0.538. The van der Waals surface area contributed by atoms with Crippen LogP contribution in [0, 0.1) is 0 Å². The first-order chi connectivity index (χ1) is 11.4. The van der Waals surface area contributed by atoms with Crippen LogP contribution in [-0.4, -0.2) is 30.8 Å². The van der Waals surface area contributed by atoms with Gasteiger partial charge in [-0.05, 0) is 30.5 Å². The average Bonchev–Trinajstić information content (AvgIpc) is 3.33. The number of benzene rings is 1. The van der Waals surface area contributed by atoms with E-state index < -0.39 is 0 Å². The Morgan fingerprint density at radius 2 is 1.78 bits per heavy atom. The number of hydrogen-bond acceptors (Lipinski definition) is 5. The summed E-state index contributed by atoms with van der Waals surface area (Å²) >= 11 is 1.42. The SMILES string of the molecule is CSc1nnc(-c2cnn(-c3ccccc3)c2-n2cccc2)o1. The Hall–Kier alpha value is -2.80. The lowest BCUT2D eigenvalue weighted by atomic mass is 10.3. The van der Waals surface area contributed by atoms with Crippen molar-refractivity contribution in [2.24, 2.45) is 0 Å². The van der Waals surface area contributed by atoms with E-state index in [1.807, 2.05) is 70.4 Å². The number of thioether (sulfide) groups is 1. The zero-order valence-corrected chi connectivity index (χ0v) is 13.1. The summed E-state index contributed by atoms with van der Waals surface area (Å²) in [6, 6.07) is 13.9. The Labute approximate surface area is 136 Å². The third kappa shape index (κ3) is 2.44. The molecule has 0 aliphatic carbocycles. The number of rotatable bonds is 4. The Morgan fingerprint density at radius 3 is 2.48 bits per heavy atom. The number of aromatic nitrogens is 5. The molecule has 3 aromatic heterocycles. The molecule has 0 spiro atoms. The first-order valence-electron chi connectivity index (χ1n) is 7.01. The minimum atomic E-state index is 0.459. The predicted molar refractivity (Wildman–Crippen MR) is 88.0 cm³/mol. The minimum absolute atomic E-state index is 0.459. The summed E-state index contributed by atoms with van der Waals surface area (Å²) in [5, 5.41) is 13.2. The largest absolute Gasteiger partial charge is 0.411 e. The highest BCUT2D eigenvalue weighted by Crippen LogP contribution is 2.29. The van der Waals surface area contributed by atoms with Gasteiger partial charge in [-0.15, -0.1) is 10.2 Å². The summed E-state index contributed by atoms with van der Waals surface area (Å²) in [5.41, 5.74) is 1.75. The molecule has 4 aromatic rings. The standard InChI is InChI=1S/C16H13N5OS/c1-23-16-19-18-14(22-16)13-11-17-21(12-7-3-2-4-8-12)15(13)20-9-5-6-10-20/h2-11H,1H3. The van der Waals surface area contributed by atoms with Crippen molar-refractivity contribution >= 4 is 11.8 Å². The van der Waals surface area contributed by atoms with Crippen LogP contribution in [0.3, 0.4) is 0 Å². The van der Waals surface area contributed by atoms with E-state index in [1.54, 1.807) is 6.20 Å². The predicted octanol–water partition coefficient (Wildman–Crippen LogP) is 3.43. The van der Waals surface area contributed by atoms with Crippen LogP contribution in [0.5, 0.6) is 0 Å². The van der Waals surface area contributed by atoms with E-state index in [-0.39, 0.29) is 0 Å². The summed E-state index contributed by atoms with van der Waals surface area (Å²) in [6.07, 6.45) is 7.58. The third-order valence-corrected chi connectivity index (χ3v) is 3.92. The van der Waals surface area contributed by atoms with Crippen molar-refractivity contribution in [1.29, 1.82) is 0 Å². The zero-order valence-electron chi connectivity index (χ0n) is 12.3. The fourth-order valence-electron chi connectivity index (χ4n) is 2.38. The van der Waals surface area contributed by atoms with Crippen molar-refractivity contribution < 1.29 is 4.42 Å². The summed E-state index contributed by atoms with van der Waals surface area (Å²) < 4.78 is 9.52. The van der Waals surface area contributed by atoms with Gasteiger partial charge in [0.25, 0.3) is 11.1 Å². The average molecular weight is 323 g/mol. The molecule has 0 unspecified atom stereocenters. The highest BCUT2D eigenvalue weighted by atomic mass is 32.2. The molecule has 0 fully saturated rings. The molecule has 7 heteroatoms. The summed E-state index contributed by atoms with van der Waals surface area (Å²) in [7, 11) is 0. The molecule has 0 radical (unpaired) electrons. The van der Waals surface area contributed by atoms with Gasteiger partial charge in [0.1, 0.15) is 5.56 Å². The highest BCUT2D eigenvalue weighted by molar-refractivity contribution is 7.98. The van der Waals surface area contributed by atoms with E-state index in [1.165, 1.54) is 11.8 Å². The first kappa shape index (κ1) is 13.8. The van der Waals surface area contributed by atoms with Gasteiger partial charge in [-0.2, -0.15) is 5.10 Å². The summed E-state index contributed by atoms with van der Waals surface area (Å²) in [4.78, 5) is 0. The smallest absolute Gasteiger partial charge is 0.276 e. The molecule has 0 N–H and O–H groups in total. The van der Waals surface area contributed by atoms with Gasteiger partial charge in [-0.1, -0.05) is 30.0 Å². The molecule has 4 rings (SSSR count). The van der Waals surface area contributed by atoms with E-state index in [0.29, 0.717) is 11.1 Å². The van der Waals surface area contributed by atoms with Gasteiger partial charge in [0, 0.05) is 12.4 Å². The van der Waals surface area contributed by atoms with Gasteiger partial charge in [0.2, 0.25) is 0 Å². The fourth-order valence-corrected chi connectivity index (χ4v) is 2.66. The van der Waals surface area contributed by atoms with Gasteiger partial charge >= 0.3 is 0 Å². The first-order valence-corrected chi connectivity index (χ1v) is 8.24. The van der Waals surface area contributed by atoms with Crippen LogP contribution in [0.25, 0.3) is 23.0 Å². The number of hydrogen-bond donors (Lipinski definition) is 0. The molecule has 0 atom stereocenters. The molecule has 6 nitrogen and oxygen atoms in total. The molecule has 114 valence electrons.